The van der Waals surface area contributed by atoms with Crippen molar-refractivity contribution in [1.82, 2.24) is 9.88 Å². The molecule has 6 nitrogen and oxygen atoms in total. The summed E-state index contributed by atoms with van der Waals surface area (Å²) in [7, 11) is 1.57. The summed E-state index contributed by atoms with van der Waals surface area (Å²) in [5.41, 5.74) is 1.66. The van der Waals surface area contributed by atoms with Gasteiger partial charge in [0.05, 0.1) is 24.1 Å². The molecule has 1 aromatic rings. The molecule has 2 heterocycles. The van der Waals surface area contributed by atoms with Crippen molar-refractivity contribution in [2.45, 2.75) is 25.3 Å². The van der Waals surface area contributed by atoms with E-state index in [-0.39, 0.29) is 5.91 Å². The largest absolute Gasteiger partial charge is 0.481 e. The van der Waals surface area contributed by atoms with Crippen molar-refractivity contribution in [1.29, 1.82) is 0 Å². The Balaban J connectivity index is 2.35. The van der Waals surface area contributed by atoms with Gasteiger partial charge in [-0.15, -0.1) is 11.3 Å². The van der Waals surface area contributed by atoms with Crippen molar-refractivity contribution < 1.29 is 19.4 Å². The van der Waals surface area contributed by atoms with Crippen LogP contribution in [0.4, 0.5) is 0 Å². The Morgan fingerprint density at radius 2 is 2.45 bits per heavy atom. The summed E-state index contributed by atoms with van der Waals surface area (Å²) < 4.78 is 5.04. The molecule has 1 aromatic heterocycles. The number of thiazole rings is 1. The van der Waals surface area contributed by atoms with Crippen LogP contribution in [-0.2, 0) is 14.3 Å². The minimum absolute atomic E-state index is 0.01000. The number of carbonyl (C=O) groups excluding carboxylic acids is 1. The van der Waals surface area contributed by atoms with E-state index in [2.05, 4.69) is 4.98 Å². The molecule has 1 amide bonds. The van der Waals surface area contributed by atoms with E-state index in [9.17, 15) is 14.7 Å². The summed E-state index contributed by atoms with van der Waals surface area (Å²) >= 11 is 1.39. The number of amides is 1. The number of nitrogens with zero attached hydrogens (tertiary/aromatic N) is 2. The molecule has 0 aliphatic carbocycles. The summed E-state index contributed by atoms with van der Waals surface area (Å²) in [5, 5.41) is 9.48. The second kappa shape index (κ2) is 6.81. The first-order chi connectivity index (χ1) is 9.65. The minimum Gasteiger partial charge on any atom is -0.481 e. The number of carbonyl (C=O) groups is 2. The number of rotatable bonds is 5. The first-order valence-corrected chi connectivity index (χ1v) is 7.42. The Kier molecular flexibility index (Phi) is 5.08. The van der Waals surface area contributed by atoms with E-state index in [1.165, 1.54) is 11.3 Å². The van der Waals surface area contributed by atoms with Crippen molar-refractivity contribution in [3.63, 3.8) is 0 Å². The molecule has 1 N–H and O–H groups in total. The Hall–Kier alpha value is -1.47. The van der Waals surface area contributed by atoms with Crippen LogP contribution in [0.1, 0.15) is 30.2 Å². The van der Waals surface area contributed by atoms with Gasteiger partial charge in [0.1, 0.15) is 0 Å². The van der Waals surface area contributed by atoms with Gasteiger partial charge in [0.15, 0.2) is 0 Å². The summed E-state index contributed by atoms with van der Waals surface area (Å²) in [6.07, 6.45) is 3.16. The molecule has 2 atom stereocenters. The number of aliphatic carboxylic acids is 1. The zero-order chi connectivity index (χ0) is 14.5. The van der Waals surface area contributed by atoms with Gasteiger partial charge in [0.25, 0.3) is 0 Å². The lowest BCUT2D eigenvalue weighted by atomic mass is 9.94. The highest BCUT2D eigenvalue weighted by Gasteiger charge is 2.39. The molecule has 1 aliphatic rings. The van der Waals surface area contributed by atoms with Crippen LogP contribution < -0.4 is 0 Å². The van der Waals surface area contributed by atoms with Crippen molar-refractivity contribution in [3.05, 3.63) is 16.6 Å². The van der Waals surface area contributed by atoms with Crippen molar-refractivity contribution in [2.75, 3.05) is 20.3 Å². The molecule has 1 aliphatic heterocycles. The number of aromatic nitrogens is 1. The lowest BCUT2D eigenvalue weighted by molar-refractivity contribution is -0.146. The molecule has 2 unspecified atom stereocenters. The van der Waals surface area contributed by atoms with Crippen LogP contribution in [0.15, 0.2) is 11.7 Å². The first kappa shape index (κ1) is 14.9. The Bertz CT molecular complexity index is 463. The van der Waals surface area contributed by atoms with Gasteiger partial charge in [-0.25, -0.2) is 0 Å². The Morgan fingerprint density at radius 3 is 3.05 bits per heavy atom. The Morgan fingerprint density at radius 1 is 1.65 bits per heavy atom. The minimum atomic E-state index is -0.861. The maximum Gasteiger partial charge on any atom is 0.308 e. The standard InChI is InChI=1S/C13H18N2O4S/c1-19-6-5-15-11(16)4-2-3-9(13(17)18)12(15)10-7-14-8-20-10/h7-9,12H,2-6H2,1H3,(H,17,18). The van der Waals surface area contributed by atoms with Gasteiger partial charge in [0.2, 0.25) is 5.91 Å². The smallest absolute Gasteiger partial charge is 0.308 e. The van der Waals surface area contributed by atoms with Crippen molar-refractivity contribution >= 4 is 23.2 Å². The van der Waals surface area contributed by atoms with Crippen LogP contribution in [0.3, 0.4) is 0 Å². The van der Waals surface area contributed by atoms with E-state index in [0.29, 0.717) is 32.4 Å². The van der Waals surface area contributed by atoms with E-state index < -0.39 is 17.9 Å². The van der Waals surface area contributed by atoms with Gasteiger partial charge < -0.3 is 14.7 Å². The number of ether oxygens (including phenoxy) is 1. The zero-order valence-electron chi connectivity index (χ0n) is 11.3. The van der Waals surface area contributed by atoms with Crippen LogP contribution in [-0.4, -0.2) is 47.1 Å². The number of carboxylic acids is 1. The van der Waals surface area contributed by atoms with Gasteiger partial charge in [-0.1, -0.05) is 0 Å². The van der Waals surface area contributed by atoms with Crippen LogP contribution >= 0.6 is 11.3 Å². The third-order valence-electron chi connectivity index (χ3n) is 3.54. The highest BCUT2D eigenvalue weighted by molar-refractivity contribution is 7.09. The normalized spacial score (nSPS) is 23.6. The summed E-state index contributed by atoms with van der Waals surface area (Å²) in [6.45, 7) is 0.801. The fourth-order valence-corrected chi connectivity index (χ4v) is 3.38. The lowest BCUT2D eigenvalue weighted by Gasteiger charge is -2.32. The molecule has 0 bridgehead atoms. The summed E-state index contributed by atoms with van der Waals surface area (Å²) in [6, 6.07) is -0.440. The lowest BCUT2D eigenvalue weighted by Crippen LogP contribution is -2.40. The molecule has 2 rings (SSSR count). The highest BCUT2D eigenvalue weighted by atomic mass is 32.1. The van der Waals surface area contributed by atoms with Gasteiger partial charge in [0, 0.05) is 31.1 Å². The fourth-order valence-electron chi connectivity index (χ4n) is 2.58. The number of hydrogen-bond acceptors (Lipinski definition) is 5. The maximum atomic E-state index is 12.3. The van der Waals surface area contributed by atoms with Gasteiger partial charge in [-0.05, 0) is 12.8 Å². The number of carboxylic acid groups (broad SMARTS) is 1. The summed E-state index contributed by atoms with van der Waals surface area (Å²) in [4.78, 5) is 30.3. The van der Waals surface area contributed by atoms with Gasteiger partial charge in [-0.3, -0.25) is 14.6 Å². The molecule has 0 aromatic carbocycles. The molecule has 0 radical (unpaired) electrons. The predicted molar refractivity (Wildman–Crippen MR) is 73.4 cm³/mol. The van der Waals surface area contributed by atoms with E-state index in [1.807, 2.05) is 0 Å². The molecule has 0 spiro atoms. The SMILES string of the molecule is COCCN1C(=O)CCCC(C(=O)O)C1c1cncs1. The van der Waals surface area contributed by atoms with Crippen LogP contribution in [0, 0.1) is 5.92 Å². The average Bonchev–Trinajstić information content (AvgIpc) is 2.88. The van der Waals surface area contributed by atoms with Crippen LogP contribution in [0.25, 0.3) is 0 Å². The monoisotopic (exact) mass is 298 g/mol. The molecule has 1 fully saturated rings. The third kappa shape index (κ3) is 3.16. The van der Waals surface area contributed by atoms with E-state index >= 15 is 0 Å². The molecule has 20 heavy (non-hydrogen) atoms. The average molecular weight is 298 g/mol. The van der Waals surface area contributed by atoms with Crippen molar-refractivity contribution in [2.24, 2.45) is 5.92 Å². The van der Waals surface area contributed by atoms with E-state index in [1.54, 1.807) is 23.7 Å². The quantitative estimate of drug-likeness (QED) is 0.892. The third-order valence-corrected chi connectivity index (χ3v) is 4.39. The first-order valence-electron chi connectivity index (χ1n) is 6.54. The molecule has 0 saturated carbocycles. The number of likely N-dealkylation sites (tertiary alicyclic amines) is 1. The van der Waals surface area contributed by atoms with Crippen molar-refractivity contribution in [3.8, 4) is 0 Å². The molecule has 1 saturated heterocycles. The maximum absolute atomic E-state index is 12.3. The number of hydrogen-bond donors (Lipinski definition) is 1. The second-order valence-corrected chi connectivity index (χ2v) is 5.68. The molecular weight excluding hydrogens is 280 g/mol. The van der Waals surface area contributed by atoms with E-state index in [0.717, 1.165) is 4.88 Å². The fraction of sp³-hybridized carbons (Fsp3) is 0.615. The molecule has 7 heteroatoms. The highest BCUT2D eigenvalue weighted by Crippen LogP contribution is 2.37. The van der Waals surface area contributed by atoms with Crippen LogP contribution in [0.5, 0.6) is 0 Å². The van der Waals surface area contributed by atoms with Gasteiger partial charge >= 0.3 is 5.97 Å². The topological polar surface area (TPSA) is 79.7 Å². The van der Waals surface area contributed by atoms with Gasteiger partial charge in [-0.2, -0.15) is 0 Å². The zero-order valence-corrected chi connectivity index (χ0v) is 12.1. The van der Waals surface area contributed by atoms with E-state index in [4.69, 9.17) is 4.74 Å². The predicted octanol–water partition coefficient (Wildman–Crippen LogP) is 1.54. The molecule has 110 valence electrons. The second-order valence-electron chi connectivity index (χ2n) is 4.77. The summed E-state index contributed by atoms with van der Waals surface area (Å²) in [5.74, 6) is -1.46. The number of methoxy groups -OCH3 is 1. The Labute approximate surface area is 121 Å². The van der Waals surface area contributed by atoms with Crippen LogP contribution in [0.2, 0.25) is 0 Å². The molecular formula is C13H18N2O4S.